The van der Waals surface area contributed by atoms with Crippen LogP contribution >= 0.6 is 0 Å². The molecule has 21 heavy (non-hydrogen) atoms. The van der Waals surface area contributed by atoms with Crippen LogP contribution in [0.2, 0.25) is 0 Å². The second-order valence-electron chi connectivity index (χ2n) is 6.95. The Hall–Kier alpha value is -1.22. The second-order valence-corrected chi connectivity index (χ2v) is 6.95. The van der Waals surface area contributed by atoms with Crippen LogP contribution in [0.3, 0.4) is 0 Å². The molecule has 0 fully saturated rings. The maximum atomic E-state index is 5.86. The molecular weight excluding hydrogens is 262 g/mol. The van der Waals surface area contributed by atoms with Crippen molar-refractivity contribution in [2.45, 2.75) is 40.5 Å². The summed E-state index contributed by atoms with van der Waals surface area (Å²) in [4.78, 5) is 0. The smallest absolute Gasteiger partial charge is 0.161 e. The summed E-state index contributed by atoms with van der Waals surface area (Å²) in [6.07, 6.45) is 2.24. The molecule has 0 aromatic heterocycles. The average Bonchev–Trinajstić information content (AvgIpc) is 2.65. The molecule has 1 aliphatic heterocycles. The van der Waals surface area contributed by atoms with Crippen molar-refractivity contribution in [3.63, 3.8) is 0 Å². The number of fused-ring (bicyclic) bond motifs is 1. The first-order valence-corrected chi connectivity index (χ1v) is 8.09. The summed E-state index contributed by atoms with van der Waals surface area (Å²) >= 11 is 0. The van der Waals surface area contributed by atoms with E-state index >= 15 is 0 Å². The van der Waals surface area contributed by atoms with Crippen molar-refractivity contribution in [2.24, 2.45) is 11.3 Å². The second kappa shape index (κ2) is 7.17. The summed E-state index contributed by atoms with van der Waals surface area (Å²) in [5.74, 6) is 2.23. The van der Waals surface area contributed by atoms with Gasteiger partial charge in [0.2, 0.25) is 0 Å². The van der Waals surface area contributed by atoms with Crippen LogP contribution in [0.4, 0.5) is 0 Å². The van der Waals surface area contributed by atoms with E-state index in [9.17, 15) is 0 Å². The third-order valence-electron chi connectivity index (χ3n) is 4.00. The van der Waals surface area contributed by atoms with Crippen LogP contribution in [0.1, 0.15) is 39.7 Å². The summed E-state index contributed by atoms with van der Waals surface area (Å²) in [6, 6.07) is 6.37. The Balaban J connectivity index is 1.96. The van der Waals surface area contributed by atoms with E-state index in [-0.39, 0.29) is 0 Å². The molecule has 1 atom stereocenters. The van der Waals surface area contributed by atoms with Crippen LogP contribution in [0.5, 0.6) is 11.5 Å². The Morgan fingerprint density at radius 3 is 2.62 bits per heavy atom. The van der Waals surface area contributed by atoms with Crippen molar-refractivity contribution < 1.29 is 9.47 Å². The number of ether oxygens (including phenoxy) is 2. The van der Waals surface area contributed by atoms with Crippen LogP contribution in [-0.2, 0) is 6.42 Å². The van der Waals surface area contributed by atoms with Crippen molar-refractivity contribution in [3.8, 4) is 11.5 Å². The normalized spacial score (nSPS) is 18.4. The minimum absolute atomic E-state index is 0.314. The molecule has 0 aliphatic carbocycles. The summed E-state index contributed by atoms with van der Waals surface area (Å²) in [7, 11) is 0. The molecule has 1 aromatic rings. The van der Waals surface area contributed by atoms with Gasteiger partial charge in [-0.1, -0.05) is 33.8 Å². The summed E-state index contributed by atoms with van der Waals surface area (Å²) in [5, 5.41) is 3.44. The lowest BCUT2D eigenvalue weighted by Gasteiger charge is -2.25. The number of nitrogens with one attached hydrogen (secondary N) is 1. The Morgan fingerprint density at radius 1 is 1.19 bits per heavy atom. The Kier molecular flexibility index (Phi) is 5.51. The molecule has 1 N–H and O–H groups in total. The van der Waals surface area contributed by atoms with E-state index in [2.05, 4.69) is 51.2 Å². The van der Waals surface area contributed by atoms with Gasteiger partial charge in [0.25, 0.3) is 0 Å². The van der Waals surface area contributed by atoms with Gasteiger partial charge < -0.3 is 14.8 Å². The van der Waals surface area contributed by atoms with Gasteiger partial charge in [0.05, 0.1) is 13.2 Å². The minimum atomic E-state index is 0.314. The highest BCUT2D eigenvalue weighted by Crippen LogP contribution is 2.32. The molecule has 1 aliphatic rings. The van der Waals surface area contributed by atoms with Crippen molar-refractivity contribution in [1.29, 1.82) is 0 Å². The van der Waals surface area contributed by atoms with Gasteiger partial charge in [-0.05, 0) is 42.5 Å². The van der Waals surface area contributed by atoms with Gasteiger partial charge >= 0.3 is 0 Å². The van der Waals surface area contributed by atoms with Gasteiger partial charge in [0, 0.05) is 12.5 Å². The first-order chi connectivity index (χ1) is 10.00. The minimum Gasteiger partial charge on any atom is -0.489 e. The number of benzene rings is 1. The SMILES string of the molecule is CCNCC(C)(C)CCc1ccc2c(c1)OCC(C)CO2. The van der Waals surface area contributed by atoms with E-state index in [1.165, 1.54) is 5.56 Å². The van der Waals surface area contributed by atoms with Gasteiger partial charge in [-0.25, -0.2) is 0 Å². The molecule has 1 heterocycles. The Bertz CT molecular complexity index is 457. The van der Waals surface area contributed by atoms with E-state index < -0.39 is 0 Å². The Morgan fingerprint density at radius 2 is 1.90 bits per heavy atom. The molecule has 3 heteroatoms. The molecule has 1 unspecified atom stereocenters. The first-order valence-electron chi connectivity index (χ1n) is 8.09. The van der Waals surface area contributed by atoms with Crippen LogP contribution in [0, 0.1) is 11.3 Å². The maximum absolute atomic E-state index is 5.86. The van der Waals surface area contributed by atoms with E-state index in [0.717, 1.165) is 50.6 Å². The number of hydrogen-bond donors (Lipinski definition) is 1. The van der Waals surface area contributed by atoms with Crippen molar-refractivity contribution in [3.05, 3.63) is 23.8 Å². The van der Waals surface area contributed by atoms with Crippen molar-refractivity contribution in [2.75, 3.05) is 26.3 Å². The van der Waals surface area contributed by atoms with E-state index in [1.54, 1.807) is 0 Å². The zero-order valence-electron chi connectivity index (χ0n) is 13.9. The molecule has 0 spiro atoms. The topological polar surface area (TPSA) is 30.5 Å². The Labute approximate surface area is 129 Å². The largest absolute Gasteiger partial charge is 0.489 e. The highest BCUT2D eigenvalue weighted by atomic mass is 16.5. The molecular formula is C18H29NO2. The molecule has 0 radical (unpaired) electrons. The predicted molar refractivity (Wildman–Crippen MR) is 87.2 cm³/mol. The van der Waals surface area contributed by atoms with Crippen LogP contribution in [0.15, 0.2) is 18.2 Å². The number of rotatable bonds is 6. The van der Waals surface area contributed by atoms with Gasteiger partial charge in [-0.15, -0.1) is 0 Å². The quantitative estimate of drug-likeness (QED) is 0.867. The monoisotopic (exact) mass is 291 g/mol. The molecule has 0 saturated carbocycles. The lowest BCUT2D eigenvalue weighted by Crippen LogP contribution is -2.29. The first kappa shape index (κ1) is 16.2. The summed E-state index contributed by atoms with van der Waals surface area (Å²) < 4.78 is 11.6. The highest BCUT2D eigenvalue weighted by molar-refractivity contribution is 5.43. The number of hydrogen-bond acceptors (Lipinski definition) is 3. The molecule has 2 rings (SSSR count). The molecule has 118 valence electrons. The van der Waals surface area contributed by atoms with Crippen molar-refractivity contribution >= 4 is 0 Å². The third kappa shape index (κ3) is 4.92. The van der Waals surface area contributed by atoms with E-state index in [1.807, 2.05) is 0 Å². The lowest BCUT2D eigenvalue weighted by atomic mass is 9.86. The van der Waals surface area contributed by atoms with Gasteiger partial charge in [-0.3, -0.25) is 0 Å². The molecule has 0 amide bonds. The van der Waals surface area contributed by atoms with Gasteiger partial charge in [0.1, 0.15) is 0 Å². The lowest BCUT2D eigenvalue weighted by molar-refractivity contribution is 0.228. The third-order valence-corrected chi connectivity index (χ3v) is 4.00. The van der Waals surface area contributed by atoms with Gasteiger partial charge in [0.15, 0.2) is 11.5 Å². The van der Waals surface area contributed by atoms with Crippen LogP contribution < -0.4 is 14.8 Å². The fourth-order valence-electron chi connectivity index (χ4n) is 2.49. The zero-order chi connectivity index (χ0) is 15.3. The summed E-state index contributed by atoms with van der Waals surface area (Å²) in [5.41, 5.74) is 1.64. The standard InChI is InChI=1S/C18H29NO2/c1-5-19-13-18(3,4)9-8-15-6-7-16-17(10-15)21-12-14(2)11-20-16/h6-7,10,14,19H,5,8-9,11-13H2,1-4H3. The number of aryl methyl sites for hydroxylation is 1. The van der Waals surface area contributed by atoms with Gasteiger partial charge in [-0.2, -0.15) is 0 Å². The zero-order valence-corrected chi connectivity index (χ0v) is 13.9. The highest BCUT2D eigenvalue weighted by Gasteiger charge is 2.19. The van der Waals surface area contributed by atoms with Crippen LogP contribution in [-0.4, -0.2) is 26.3 Å². The predicted octanol–water partition coefficient (Wildman–Crippen LogP) is 3.66. The fourth-order valence-corrected chi connectivity index (χ4v) is 2.49. The molecule has 0 bridgehead atoms. The molecule has 3 nitrogen and oxygen atoms in total. The summed E-state index contributed by atoms with van der Waals surface area (Å²) in [6.45, 7) is 12.5. The van der Waals surface area contributed by atoms with Crippen molar-refractivity contribution in [1.82, 2.24) is 5.32 Å². The van der Waals surface area contributed by atoms with E-state index in [0.29, 0.717) is 11.3 Å². The van der Waals surface area contributed by atoms with E-state index in [4.69, 9.17) is 9.47 Å². The molecule has 0 saturated heterocycles. The van der Waals surface area contributed by atoms with Crippen LogP contribution in [0.25, 0.3) is 0 Å². The fraction of sp³-hybridized carbons (Fsp3) is 0.667. The maximum Gasteiger partial charge on any atom is 0.161 e. The molecule has 1 aromatic carbocycles. The average molecular weight is 291 g/mol.